The maximum atomic E-state index is 11.7. The Kier molecular flexibility index (Phi) is 5.45. The number of aromatic nitrogens is 3. The third-order valence-electron chi connectivity index (χ3n) is 4.69. The highest BCUT2D eigenvalue weighted by molar-refractivity contribution is 7.34. The van der Waals surface area contributed by atoms with E-state index in [4.69, 9.17) is 4.98 Å². The van der Waals surface area contributed by atoms with E-state index in [2.05, 4.69) is 63.6 Å². The van der Waals surface area contributed by atoms with Crippen LogP contribution in [0.15, 0.2) is 48.8 Å². The minimum atomic E-state index is -0.0499. The topological polar surface area (TPSA) is 55.7 Å². The Labute approximate surface area is 168 Å². The molecule has 3 aromatic heterocycles. The van der Waals surface area contributed by atoms with Crippen molar-refractivity contribution in [3.8, 4) is 22.8 Å². The SMILES string of the molecule is CC(C)(C)c1ccnc(-c2cc(P=O)cc(-c3cc(C(C)(C)C)ccn3)n2)c1. The van der Waals surface area contributed by atoms with Crippen LogP contribution in [0.2, 0.25) is 0 Å². The van der Waals surface area contributed by atoms with Gasteiger partial charge in [0.15, 0.2) is 8.46 Å². The molecule has 0 aromatic carbocycles. The van der Waals surface area contributed by atoms with Crippen molar-refractivity contribution in [2.45, 2.75) is 52.4 Å². The van der Waals surface area contributed by atoms with Crippen molar-refractivity contribution in [3.05, 3.63) is 59.9 Å². The molecule has 0 bridgehead atoms. The smallest absolute Gasteiger partial charge is 0.192 e. The van der Waals surface area contributed by atoms with Crippen LogP contribution in [-0.2, 0) is 15.4 Å². The van der Waals surface area contributed by atoms with Crippen molar-refractivity contribution < 1.29 is 4.57 Å². The molecule has 3 aromatic rings. The Morgan fingerprint density at radius 3 is 1.46 bits per heavy atom. The van der Waals surface area contributed by atoms with E-state index in [1.807, 2.05) is 24.3 Å². The summed E-state index contributed by atoms with van der Waals surface area (Å²) in [5.41, 5.74) is 5.32. The number of rotatable bonds is 3. The molecule has 144 valence electrons. The predicted octanol–water partition coefficient (Wildman–Crippen LogP) is 5.72. The molecular formula is C23H26N3OP. The van der Waals surface area contributed by atoms with Gasteiger partial charge in [-0.3, -0.25) is 14.5 Å². The molecule has 0 aliphatic rings. The van der Waals surface area contributed by atoms with E-state index in [0.717, 1.165) is 11.4 Å². The molecule has 28 heavy (non-hydrogen) atoms. The summed E-state index contributed by atoms with van der Waals surface area (Å²) in [6, 6.07) is 11.8. The number of nitrogens with zero attached hydrogens (tertiary/aromatic N) is 3. The lowest BCUT2D eigenvalue weighted by molar-refractivity contribution is 0.589. The summed E-state index contributed by atoms with van der Waals surface area (Å²) < 4.78 is 11.7. The fourth-order valence-electron chi connectivity index (χ4n) is 2.91. The number of hydrogen-bond donors (Lipinski definition) is 0. The minimum Gasteiger partial charge on any atom is -0.269 e. The van der Waals surface area contributed by atoms with Crippen LogP contribution in [0.4, 0.5) is 0 Å². The molecular weight excluding hydrogens is 365 g/mol. The monoisotopic (exact) mass is 391 g/mol. The molecule has 0 fully saturated rings. The molecule has 5 heteroatoms. The molecule has 0 aliphatic heterocycles. The summed E-state index contributed by atoms with van der Waals surface area (Å²) in [7, 11) is -0.0499. The Morgan fingerprint density at radius 1 is 0.679 bits per heavy atom. The Bertz CT molecular complexity index is 941. The Morgan fingerprint density at radius 2 is 1.11 bits per heavy atom. The second kappa shape index (κ2) is 7.52. The average molecular weight is 391 g/mol. The van der Waals surface area contributed by atoms with E-state index >= 15 is 0 Å². The maximum absolute atomic E-state index is 11.7. The zero-order valence-electron chi connectivity index (χ0n) is 17.3. The molecule has 0 N–H and O–H groups in total. The molecule has 3 heterocycles. The normalized spacial score (nSPS) is 12.4. The molecule has 0 unspecified atom stereocenters. The summed E-state index contributed by atoms with van der Waals surface area (Å²) in [5.74, 6) is 0. The van der Waals surface area contributed by atoms with E-state index in [9.17, 15) is 4.57 Å². The molecule has 0 saturated heterocycles. The first kappa shape index (κ1) is 20.3. The van der Waals surface area contributed by atoms with Gasteiger partial charge in [-0.15, -0.1) is 0 Å². The van der Waals surface area contributed by atoms with Crippen LogP contribution in [-0.4, -0.2) is 15.0 Å². The summed E-state index contributed by atoms with van der Waals surface area (Å²) in [4.78, 5) is 13.8. The number of pyridine rings is 3. The van der Waals surface area contributed by atoms with Gasteiger partial charge in [0.1, 0.15) is 0 Å². The first-order valence-electron chi connectivity index (χ1n) is 9.37. The second-order valence-corrected chi connectivity index (χ2v) is 9.75. The highest BCUT2D eigenvalue weighted by Gasteiger charge is 2.18. The summed E-state index contributed by atoms with van der Waals surface area (Å²) in [6.07, 6.45) is 3.61. The molecule has 0 spiro atoms. The van der Waals surface area contributed by atoms with E-state index in [1.165, 1.54) is 11.1 Å². The van der Waals surface area contributed by atoms with E-state index in [-0.39, 0.29) is 19.3 Å². The van der Waals surface area contributed by atoms with Crippen LogP contribution < -0.4 is 5.30 Å². The highest BCUT2D eigenvalue weighted by atomic mass is 31.1. The van der Waals surface area contributed by atoms with Crippen molar-refractivity contribution >= 4 is 13.8 Å². The van der Waals surface area contributed by atoms with Crippen molar-refractivity contribution in [1.29, 1.82) is 0 Å². The van der Waals surface area contributed by atoms with Gasteiger partial charge < -0.3 is 0 Å². The third-order valence-corrected chi connectivity index (χ3v) is 5.16. The zero-order chi connectivity index (χ0) is 20.5. The van der Waals surface area contributed by atoms with Crippen LogP contribution in [0.3, 0.4) is 0 Å². The third kappa shape index (κ3) is 4.51. The van der Waals surface area contributed by atoms with Gasteiger partial charge in [-0.1, -0.05) is 41.5 Å². The van der Waals surface area contributed by atoms with Crippen LogP contribution in [0.25, 0.3) is 22.8 Å². The molecule has 0 atom stereocenters. The lowest BCUT2D eigenvalue weighted by atomic mass is 9.87. The Hall–Kier alpha value is -2.45. The van der Waals surface area contributed by atoms with Crippen LogP contribution in [0, 0.1) is 0 Å². The quantitative estimate of drug-likeness (QED) is 0.536. The fraction of sp³-hybridized carbons (Fsp3) is 0.348. The largest absolute Gasteiger partial charge is 0.269 e. The molecule has 4 nitrogen and oxygen atoms in total. The maximum Gasteiger partial charge on any atom is 0.192 e. The summed E-state index contributed by atoms with van der Waals surface area (Å²) in [5, 5.41) is 0.658. The van der Waals surface area contributed by atoms with Crippen molar-refractivity contribution in [3.63, 3.8) is 0 Å². The zero-order valence-corrected chi connectivity index (χ0v) is 18.2. The summed E-state index contributed by atoms with van der Waals surface area (Å²) in [6.45, 7) is 13.0. The van der Waals surface area contributed by atoms with Gasteiger partial charge in [0.2, 0.25) is 0 Å². The first-order chi connectivity index (χ1) is 13.1. The molecule has 0 aliphatic carbocycles. The molecule has 3 rings (SSSR count). The summed E-state index contributed by atoms with van der Waals surface area (Å²) >= 11 is 0. The van der Waals surface area contributed by atoms with Gasteiger partial charge in [0.05, 0.1) is 22.8 Å². The van der Waals surface area contributed by atoms with Crippen molar-refractivity contribution in [2.24, 2.45) is 0 Å². The molecule has 0 radical (unpaired) electrons. The van der Waals surface area contributed by atoms with Crippen molar-refractivity contribution in [1.82, 2.24) is 15.0 Å². The van der Waals surface area contributed by atoms with Gasteiger partial charge in [-0.2, -0.15) is 0 Å². The second-order valence-electron chi connectivity index (χ2n) is 9.05. The molecule has 0 amide bonds. The fourth-order valence-corrected chi connectivity index (χ4v) is 3.26. The standard InChI is InChI=1S/C23H26N3OP/c1-22(2,3)15-7-9-24-18(11-15)20-13-17(28-27)14-21(26-20)19-12-16(8-10-25-19)23(4,5)6/h7-14H,1-6H3. The van der Waals surface area contributed by atoms with Gasteiger partial charge in [0, 0.05) is 17.7 Å². The average Bonchev–Trinajstić information content (AvgIpc) is 2.66. The van der Waals surface area contributed by atoms with Crippen LogP contribution in [0.1, 0.15) is 52.7 Å². The van der Waals surface area contributed by atoms with Crippen LogP contribution in [0.5, 0.6) is 0 Å². The van der Waals surface area contributed by atoms with E-state index in [1.54, 1.807) is 12.4 Å². The Balaban J connectivity index is 2.13. The van der Waals surface area contributed by atoms with Crippen LogP contribution >= 0.6 is 8.46 Å². The van der Waals surface area contributed by atoms with Gasteiger partial charge in [-0.05, 0) is 58.4 Å². The minimum absolute atomic E-state index is 0.0114. The predicted molar refractivity (Wildman–Crippen MR) is 115 cm³/mol. The van der Waals surface area contributed by atoms with E-state index in [0.29, 0.717) is 16.7 Å². The highest BCUT2D eigenvalue weighted by Crippen LogP contribution is 2.28. The lowest BCUT2D eigenvalue weighted by Gasteiger charge is -2.20. The first-order valence-corrected chi connectivity index (χ1v) is 10.2. The molecule has 0 saturated carbocycles. The number of hydrogen-bond acceptors (Lipinski definition) is 4. The van der Waals surface area contributed by atoms with E-state index < -0.39 is 0 Å². The lowest BCUT2D eigenvalue weighted by Crippen LogP contribution is -2.12. The van der Waals surface area contributed by atoms with Gasteiger partial charge in [0.25, 0.3) is 0 Å². The van der Waals surface area contributed by atoms with Gasteiger partial charge >= 0.3 is 0 Å². The van der Waals surface area contributed by atoms with Gasteiger partial charge in [-0.25, -0.2) is 4.98 Å². The van der Waals surface area contributed by atoms with Crippen molar-refractivity contribution in [2.75, 3.05) is 0 Å².